The predicted molar refractivity (Wildman–Crippen MR) is 104 cm³/mol. The molecule has 28 heavy (non-hydrogen) atoms. The van der Waals surface area contributed by atoms with Crippen molar-refractivity contribution in [3.8, 4) is 11.5 Å². The Morgan fingerprint density at radius 1 is 1.25 bits per heavy atom. The van der Waals surface area contributed by atoms with Gasteiger partial charge in [0, 0.05) is 28.6 Å². The molecule has 0 spiro atoms. The van der Waals surface area contributed by atoms with Crippen LogP contribution in [0, 0.1) is 0 Å². The predicted octanol–water partition coefficient (Wildman–Crippen LogP) is 2.36. The lowest BCUT2D eigenvalue weighted by atomic mass is 10.1. The summed E-state index contributed by atoms with van der Waals surface area (Å²) < 4.78 is 34.3. The number of aliphatic hydroxyl groups is 1. The molecule has 152 valence electrons. The fourth-order valence-electron chi connectivity index (χ4n) is 2.45. The van der Waals surface area contributed by atoms with E-state index in [0.29, 0.717) is 5.02 Å². The van der Waals surface area contributed by atoms with E-state index >= 15 is 0 Å². The number of aliphatic carboxylic acids is 1. The van der Waals surface area contributed by atoms with Gasteiger partial charge in [0.25, 0.3) is 0 Å². The molecule has 10 heteroatoms. The largest absolute Gasteiger partial charge is 0.497 e. The second kappa shape index (κ2) is 9.13. The van der Waals surface area contributed by atoms with Gasteiger partial charge in [0.05, 0.1) is 18.6 Å². The molecular weight excluding hydrogens is 410 g/mol. The van der Waals surface area contributed by atoms with Gasteiger partial charge < -0.3 is 25.0 Å². The van der Waals surface area contributed by atoms with Crippen LogP contribution in [0.5, 0.6) is 11.5 Å². The highest BCUT2D eigenvalue weighted by Crippen LogP contribution is 2.33. The van der Waals surface area contributed by atoms with Crippen molar-refractivity contribution in [2.45, 2.75) is 10.9 Å². The van der Waals surface area contributed by atoms with Crippen LogP contribution in [0.4, 0.5) is 5.69 Å². The van der Waals surface area contributed by atoms with Crippen molar-refractivity contribution in [1.82, 2.24) is 0 Å². The molecule has 3 N–H and O–H groups in total. The molecule has 2 rings (SSSR count). The summed E-state index contributed by atoms with van der Waals surface area (Å²) in [5.41, 5.74) is 0.490. The molecule has 0 radical (unpaired) electrons. The second-order valence-electron chi connectivity index (χ2n) is 5.84. The number of carbonyl (C=O) groups is 1. The number of methoxy groups -OCH3 is 1. The highest BCUT2D eigenvalue weighted by Gasteiger charge is 2.25. The van der Waals surface area contributed by atoms with Gasteiger partial charge in [0.15, 0.2) is 15.9 Å². The van der Waals surface area contributed by atoms with Crippen LogP contribution in [0.15, 0.2) is 41.3 Å². The highest BCUT2D eigenvalue weighted by molar-refractivity contribution is 7.90. The van der Waals surface area contributed by atoms with E-state index in [9.17, 15) is 18.3 Å². The van der Waals surface area contributed by atoms with E-state index in [0.717, 1.165) is 6.26 Å². The zero-order valence-electron chi connectivity index (χ0n) is 15.2. The third kappa shape index (κ3) is 5.51. The molecule has 1 atom stereocenters. The Kier molecular flexibility index (Phi) is 7.11. The number of ether oxygens (including phenoxy) is 2. The summed E-state index contributed by atoms with van der Waals surface area (Å²) in [4.78, 5) is 11.9. The summed E-state index contributed by atoms with van der Waals surface area (Å²) in [5.74, 6) is -0.782. The average Bonchev–Trinajstić information content (AvgIpc) is 2.63. The summed E-state index contributed by atoms with van der Waals surface area (Å²) in [7, 11) is -2.17. The maximum Gasteiger partial charge on any atom is 0.330 e. The number of rotatable bonds is 9. The molecule has 0 aliphatic heterocycles. The van der Waals surface area contributed by atoms with Gasteiger partial charge in [-0.2, -0.15) is 0 Å². The molecule has 0 bridgehead atoms. The van der Waals surface area contributed by atoms with Crippen molar-refractivity contribution in [3.05, 3.63) is 47.0 Å². The fraction of sp³-hybridized carbons (Fsp3) is 0.278. The molecule has 0 saturated carbocycles. The lowest BCUT2D eigenvalue weighted by Gasteiger charge is -2.20. The minimum Gasteiger partial charge on any atom is -0.497 e. The smallest absolute Gasteiger partial charge is 0.330 e. The van der Waals surface area contributed by atoms with Crippen LogP contribution in [-0.2, 0) is 14.6 Å². The Morgan fingerprint density at radius 3 is 2.54 bits per heavy atom. The fourth-order valence-corrected chi connectivity index (χ4v) is 3.29. The first-order chi connectivity index (χ1) is 13.2. The number of carboxylic acid groups (broad SMARTS) is 1. The number of hydrogen-bond acceptors (Lipinski definition) is 7. The van der Waals surface area contributed by atoms with Crippen LogP contribution < -0.4 is 14.8 Å². The van der Waals surface area contributed by atoms with E-state index in [4.69, 9.17) is 26.2 Å². The second-order valence-corrected chi connectivity index (χ2v) is 8.29. The molecule has 2 aromatic rings. The summed E-state index contributed by atoms with van der Waals surface area (Å²) in [6, 6.07) is 7.30. The van der Waals surface area contributed by atoms with Gasteiger partial charge in [-0.25, -0.2) is 13.2 Å². The minimum absolute atomic E-state index is 0.0219. The monoisotopic (exact) mass is 429 g/mol. The molecule has 0 fully saturated rings. The number of anilines is 1. The Morgan fingerprint density at radius 2 is 1.96 bits per heavy atom. The molecule has 0 aliphatic carbocycles. The first-order valence-corrected chi connectivity index (χ1v) is 10.3. The van der Waals surface area contributed by atoms with E-state index in [2.05, 4.69) is 5.32 Å². The van der Waals surface area contributed by atoms with Crippen molar-refractivity contribution in [3.63, 3.8) is 0 Å². The lowest BCUT2D eigenvalue weighted by Crippen LogP contribution is -2.22. The van der Waals surface area contributed by atoms with E-state index in [1.54, 1.807) is 0 Å². The third-order valence-electron chi connectivity index (χ3n) is 3.74. The number of aliphatic hydroxyl groups excluding tert-OH is 1. The van der Waals surface area contributed by atoms with Gasteiger partial charge >= 0.3 is 5.97 Å². The van der Waals surface area contributed by atoms with Crippen LogP contribution in [0.25, 0.3) is 0 Å². The van der Waals surface area contributed by atoms with Gasteiger partial charge in [-0.1, -0.05) is 17.7 Å². The molecule has 2 aromatic carbocycles. The Bertz CT molecular complexity index is 962. The molecule has 0 saturated heterocycles. The number of hydrogen-bond donors (Lipinski definition) is 3. The molecule has 0 aromatic heterocycles. The number of nitrogens with one attached hydrogen (secondary N) is 1. The first kappa shape index (κ1) is 21.8. The SMILES string of the molecule is COc1cc(NC(C(=O)O)c2ccc(Cl)cc2OCCO)cc(S(C)(=O)=O)c1. The Labute approximate surface area is 167 Å². The molecule has 0 heterocycles. The van der Waals surface area contributed by atoms with E-state index in [-0.39, 0.29) is 40.9 Å². The van der Waals surface area contributed by atoms with E-state index < -0.39 is 21.8 Å². The van der Waals surface area contributed by atoms with Crippen molar-refractivity contribution in [1.29, 1.82) is 0 Å². The summed E-state index contributed by atoms with van der Waals surface area (Å²) in [5, 5.41) is 21.8. The van der Waals surface area contributed by atoms with Crippen LogP contribution in [0.1, 0.15) is 11.6 Å². The van der Waals surface area contributed by atoms with Crippen molar-refractivity contribution in [2.75, 3.05) is 31.9 Å². The molecule has 8 nitrogen and oxygen atoms in total. The van der Waals surface area contributed by atoms with Gasteiger partial charge in [0.1, 0.15) is 18.1 Å². The lowest BCUT2D eigenvalue weighted by molar-refractivity contribution is -0.138. The number of sulfone groups is 1. The average molecular weight is 430 g/mol. The third-order valence-corrected chi connectivity index (χ3v) is 5.06. The van der Waals surface area contributed by atoms with Crippen molar-refractivity contribution < 1.29 is 32.9 Å². The van der Waals surface area contributed by atoms with Gasteiger partial charge in [0.2, 0.25) is 0 Å². The zero-order chi connectivity index (χ0) is 20.9. The maximum absolute atomic E-state index is 11.9. The topological polar surface area (TPSA) is 122 Å². The van der Waals surface area contributed by atoms with Crippen molar-refractivity contribution >= 4 is 33.1 Å². The molecular formula is C18H20ClNO7S. The zero-order valence-corrected chi connectivity index (χ0v) is 16.7. The van der Waals surface area contributed by atoms with Gasteiger partial charge in [-0.05, 0) is 24.3 Å². The number of halogens is 1. The Hall–Kier alpha value is -2.49. The van der Waals surface area contributed by atoms with Crippen LogP contribution in [0.3, 0.4) is 0 Å². The maximum atomic E-state index is 11.9. The van der Waals surface area contributed by atoms with Crippen LogP contribution in [0.2, 0.25) is 5.02 Å². The Balaban J connectivity index is 2.49. The summed E-state index contributed by atoms with van der Waals surface area (Å²) >= 11 is 5.96. The van der Waals surface area contributed by atoms with Crippen LogP contribution in [-0.4, -0.2) is 51.2 Å². The minimum atomic E-state index is -3.54. The number of benzene rings is 2. The molecule has 0 aliphatic rings. The molecule has 1 unspecified atom stereocenters. The van der Waals surface area contributed by atoms with Crippen molar-refractivity contribution in [2.24, 2.45) is 0 Å². The van der Waals surface area contributed by atoms with E-state index in [1.807, 2.05) is 0 Å². The van der Waals surface area contributed by atoms with Crippen LogP contribution >= 0.6 is 11.6 Å². The quantitative estimate of drug-likeness (QED) is 0.555. The summed E-state index contributed by atoms with van der Waals surface area (Å²) in [6.07, 6.45) is 1.04. The normalized spacial score (nSPS) is 12.3. The standard InChI is InChI=1S/C18H20ClNO7S/c1-26-13-8-12(9-14(10-13)28(2,24)25)20-17(18(22)23)15-4-3-11(19)7-16(15)27-6-5-21/h3-4,7-10,17,20-21H,5-6H2,1-2H3,(H,22,23). The molecule has 0 amide bonds. The number of carboxylic acids is 1. The van der Waals surface area contributed by atoms with Gasteiger partial charge in [-0.15, -0.1) is 0 Å². The summed E-state index contributed by atoms with van der Waals surface area (Å²) in [6.45, 7) is -0.304. The van der Waals surface area contributed by atoms with Gasteiger partial charge in [-0.3, -0.25) is 0 Å². The first-order valence-electron chi connectivity index (χ1n) is 8.07. The highest BCUT2D eigenvalue weighted by atomic mass is 35.5. The van der Waals surface area contributed by atoms with E-state index in [1.165, 1.54) is 43.5 Å².